The molecular weight excluding hydrogens is 258 g/mol. The van der Waals surface area contributed by atoms with Crippen LogP contribution in [0.3, 0.4) is 0 Å². The van der Waals surface area contributed by atoms with Crippen molar-refractivity contribution in [1.82, 2.24) is 0 Å². The molecule has 0 spiro atoms. The van der Waals surface area contributed by atoms with Gasteiger partial charge in [-0.15, -0.1) is 0 Å². The van der Waals surface area contributed by atoms with E-state index in [1.807, 2.05) is 0 Å². The molecule has 5 nitrogen and oxygen atoms in total. The minimum Gasteiger partial charge on any atom is -0.508 e. The number of nitrogens with one attached hydrogen (secondary N) is 1. The Labute approximate surface area is 115 Å². The SMILES string of the molecule is O=C(Cc1ccccc1O)Nc1ccc(C(=O)O)cc1. The quantitative estimate of drug-likeness (QED) is 0.796. The number of para-hydroxylation sites is 1. The fraction of sp³-hybridized carbons (Fsp3) is 0.0667. The Kier molecular flexibility index (Phi) is 4.00. The third kappa shape index (κ3) is 3.35. The highest BCUT2D eigenvalue weighted by atomic mass is 16.4. The third-order valence-electron chi connectivity index (χ3n) is 2.76. The van der Waals surface area contributed by atoms with Crippen LogP contribution < -0.4 is 5.32 Å². The third-order valence-corrected chi connectivity index (χ3v) is 2.76. The standard InChI is InChI=1S/C15H13NO4/c17-13-4-2-1-3-11(13)9-14(18)16-12-7-5-10(6-8-12)15(19)20/h1-8,17H,9H2,(H,16,18)(H,19,20). The van der Waals surface area contributed by atoms with E-state index in [0.29, 0.717) is 11.3 Å². The van der Waals surface area contributed by atoms with Crippen molar-refractivity contribution < 1.29 is 19.8 Å². The second kappa shape index (κ2) is 5.88. The van der Waals surface area contributed by atoms with Crippen LogP contribution in [0.15, 0.2) is 48.5 Å². The van der Waals surface area contributed by atoms with Gasteiger partial charge in [-0.1, -0.05) is 18.2 Å². The molecule has 0 aliphatic rings. The maximum absolute atomic E-state index is 11.8. The first-order chi connectivity index (χ1) is 9.56. The molecule has 0 bridgehead atoms. The zero-order valence-electron chi connectivity index (χ0n) is 10.5. The minimum absolute atomic E-state index is 0.0490. The van der Waals surface area contributed by atoms with E-state index in [1.54, 1.807) is 18.2 Å². The van der Waals surface area contributed by atoms with Gasteiger partial charge in [0.1, 0.15) is 5.75 Å². The summed E-state index contributed by atoms with van der Waals surface area (Å²) in [6.07, 6.45) is 0.0490. The Bertz CT molecular complexity index is 635. The van der Waals surface area contributed by atoms with Crippen molar-refractivity contribution in [1.29, 1.82) is 0 Å². The number of benzene rings is 2. The maximum Gasteiger partial charge on any atom is 0.335 e. The number of aromatic carboxylic acids is 1. The number of carboxylic acids is 1. The number of anilines is 1. The Morgan fingerprint density at radius 2 is 1.65 bits per heavy atom. The van der Waals surface area contributed by atoms with Gasteiger partial charge >= 0.3 is 5.97 Å². The molecule has 1 amide bonds. The summed E-state index contributed by atoms with van der Waals surface area (Å²) in [5.74, 6) is -1.23. The van der Waals surface area contributed by atoms with Gasteiger partial charge in [0, 0.05) is 11.3 Å². The van der Waals surface area contributed by atoms with Crippen molar-refractivity contribution in [3.8, 4) is 5.75 Å². The fourth-order valence-corrected chi connectivity index (χ4v) is 1.73. The van der Waals surface area contributed by atoms with Gasteiger partial charge in [0.15, 0.2) is 0 Å². The van der Waals surface area contributed by atoms with Crippen LogP contribution in [0.25, 0.3) is 0 Å². The number of carbonyl (C=O) groups excluding carboxylic acids is 1. The summed E-state index contributed by atoms with van der Waals surface area (Å²) in [6.45, 7) is 0. The van der Waals surface area contributed by atoms with Crippen LogP contribution in [-0.2, 0) is 11.2 Å². The molecule has 3 N–H and O–H groups in total. The first kappa shape index (κ1) is 13.6. The van der Waals surface area contributed by atoms with Gasteiger partial charge in [-0.05, 0) is 30.3 Å². The normalized spacial score (nSPS) is 10.0. The van der Waals surface area contributed by atoms with Gasteiger partial charge in [-0.2, -0.15) is 0 Å². The van der Waals surface area contributed by atoms with Crippen molar-refractivity contribution in [3.05, 3.63) is 59.7 Å². The van der Waals surface area contributed by atoms with Crippen molar-refractivity contribution in [2.45, 2.75) is 6.42 Å². The number of carbonyl (C=O) groups is 2. The van der Waals surface area contributed by atoms with E-state index in [1.165, 1.54) is 30.3 Å². The van der Waals surface area contributed by atoms with Crippen molar-refractivity contribution in [3.63, 3.8) is 0 Å². The Morgan fingerprint density at radius 1 is 1.00 bits per heavy atom. The predicted molar refractivity (Wildman–Crippen MR) is 73.8 cm³/mol. The molecule has 0 atom stereocenters. The lowest BCUT2D eigenvalue weighted by molar-refractivity contribution is -0.115. The zero-order chi connectivity index (χ0) is 14.5. The summed E-state index contributed by atoms with van der Waals surface area (Å²) in [7, 11) is 0. The Morgan fingerprint density at radius 3 is 2.25 bits per heavy atom. The molecule has 0 saturated heterocycles. The first-order valence-corrected chi connectivity index (χ1v) is 5.96. The van der Waals surface area contributed by atoms with Crippen LogP contribution in [-0.4, -0.2) is 22.1 Å². The van der Waals surface area contributed by atoms with Gasteiger partial charge in [-0.3, -0.25) is 4.79 Å². The molecule has 0 aliphatic heterocycles. The highest BCUT2D eigenvalue weighted by Gasteiger charge is 2.08. The Balaban J connectivity index is 2.01. The van der Waals surface area contributed by atoms with Crippen LogP contribution >= 0.6 is 0 Å². The topological polar surface area (TPSA) is 86.6 Å². The monoisotopic (exact) mass is 271 g/mol. The predicted octanol–water partition coefficient (Wildman–Crippen LogP) is 2.27. The number of hydrogen-bond donors (Lipinski definition) is 3. The van der Waals surface area contributed by atoms with Gasteiger partial charge in [0.05, 0.1) is 12.0 Å². The average Bonchev–Trinajstić information content (AvgIpc) is 2.42. The highest BCUT2D eigenvalue weighted by Crippen LogP contribution is 2.17. The zero-order valence-corrected chi connectivity index (χ0v) is 10.5. The second-order valence-electron chi connectivity index (χ2n) is 4.24. The minimum atomic E-state index is -1.02. The van der Waals surface area contributed by atoms with E-state index < -0.39 is 5.97 Å². The van der Waals surface area contributed by atoms with E-state index in [9.17, 15) is 14.7 Å². The van der Waals surface area contributed by atoms with Crippen molar-refractivity contribution in [2.24, 2.45) is 0 Å². The number of aromatic hydroxyl groups is 1. The highest BCUT2D eigenvalue weighted by molar-refractivity contribution is 5.93. The molecule has 20 heavy (non-hydrogen) atoms. The fourth-order valence-electron chi connectivity index (χ4n) is 1.73. The molecule has 5 heteroatoms. The molecule has 2 aromatic rings. The lowest BCUT2D eigenvalue weighted by Crippen LogP contribution is -2.14. The number of phenols is 1. The molecule has 0 fully saturated rings. The molecule has 0 aromatic heterocycles. The van der Waals surface area contributed by atoms with Gasteiger partial charge in [-0.25, -0.2) is 4.79 Å². The van der Waals surface area contributed by atoms with E-state index in [-0.39, 0.29) is 23.6 Å². The molecule has 0 saturated carbocycles. The van der Waals surface area contributed by atoms with Crippen molar-refractivity contribution >= 4 is 17.6 Å². The lowest BCUT2D eigenvalue weighted by atomic mass is 10.1. The first-order valence-electron chi connectivity index (χ1n) is 5.96. The van der Waals surface area contributed by atoms with Gasteiger partial charge < -0.3 is 15.5 Å². The summed E-state index contributed by atoms with van der Waals surface area (Å²) in [6, 6.07) is 12.5. The molecule has 102 valence electrons. The second-order valence-corrected chi connectivity index (χ2v) is 4.24. The summed E-state index contributed by atoms with van der Waals surface area (Å²) in [5.41, 5.74) is 1.20. The van der Waals surface area contributed by atoms with Crippen LogP contribution in [0.1, 0.15) is 15.9 Å². The number of hydrogen-bond acceptors (Lipinski definition) is 3. The molecule has 0 unspecified atom stereocenters. The molecular formula is C15H13NO4. The number of rotatable bonds is 4. The molecule has 0 radical (unpaired) electrons. The summed E-state index contributed by atoms with van der Waals surface area (Å²) in [5, 5.41) is 21.0. The van der Waals surface area contributed by atoms with E-state index in [2.05, 4.69) is 5.32 Å². The summed E-state index contributed by atoms with van der Waals surface area (Å²) >= 11 is 0. The van der Waals surface area contributed by atoms with Gasteiger partial charge in [0.25, 0.3) is 0 Å². The number of amides is 1. The van der Waals surface area contributed by atoms with Crippen LogP contribution in [0.4, 0.5) is 5.69 Å². The smallest absolute Gasteiger partial charge is 0.335 e. The van der Waals surface area contributed by atoms with Crippen LogP contribution in [0, 0.1) is 0 Å². The molecule has 0 heterocycles. The number of carboxylic acid groups (broad SMARTS) is 1. The molecule has 0 aliphatic carbocycles. The Hall–Kier alpha value is -2.82. The van der Waals surface area contributed by atoms with E-state index in [0.717, 1.165) is 0 Å². The summed E-state index contributed by atoms with van der Waals surface area (Å²) < 4.78 is 0. The van der Waals surface area contributed by atoms with Crippen LogP contribution in [0.2, 0.25) is 0 Å². The van der Waals surface area contributed by atoms with E-state index >= 15 is 0 Å². The maximum atomic E-state index is 11.8. The summed E-state index contributed by atoms with van der Waals surface area (Å²) in [4.78, 5) is 22.5. The van der Waals surface area contributed by atoms with E-state index in [4.69, 9.17) is 5.11 Å². The largest absolute Gasteiger partial charge is 0.508 e. The molecule has 2 aromatic carbocycles. The lowest BCUT2D eigenvalue weighted by Gasteiger charge is -2.06. The average molecular weight is 271 g/mol. The van der Waals surface area contributed by atoms with Crippen LogP contribution in [0.5, 0.6) is 5.75 Å². The number of phenolic OH excluding ortho intramolecular Hbond substituents is 1. The molecule has 2 rings (SSSR count). The van der Waals surface area contributed by atoms with Gasteiger partial charge in [0.2, 0.25) is 5.91 Å². The van der Waals surface area contributed by atoms with Crippen molar-refractivity contribution in [2.75, 3.05) is 5.32 Å².